The molecule has 0 bridgehead atoms. The molecule has 0 spiro atoms. The maximum Gasteiger partial charge on any atom is 0.137 e. The van der Waals surface area contributed by atoms with E-state index in [1.54, 1.807) is 12.1 Å². The summed E-state index contributed by atoms with van der Waals surface area (Å²) in [7, 11) is 0. The first-order valence-electron chi connectivity index (χ1n) is 6.19. The Kier molecular flexibility index (Phi) is 5.07. The molecular weight excluding hydrogens is 271 g/mol. The highest BCUT2D eigenvalue weighted by atomic mass is 35.5. The molecule has 0 radical (unpaired) electrons. The first-order valence-corrected chi connectivity index (χ1v) is 7.72. The van der Waals surface area contributed by atoms with Crippen LogP contribution < -0.4 is 0 Å². The maximum atomic E-state index is 13.5. The van der Waals surface area contributed by atoms with Crippen molar-refractivity contribution >= 4 is 29.1 Å². The van der Waals surface area contributed by atoms with Crippen LogP contribution in [0.5, 0.6) is 0 Å². The SMILES string of the molecule is O=C(Cc1c(F)cccc1Cl)CC1CCSCC1. The van der Waals surface area contributed by atoms with Gasteiger partial charge in [-0.1, -0.05) is 17.7 Å². The molecular formula is C14H16ClFOS. The summed E-state index contributed by atoms with van der Waals surface area (Å²) in [5.41, 5.74) is 0.342. The number of carbonyl (C=O) groups excluding carboxylic acids is 1. The van der Waals surface area contributed by atoms with Gasteiger partial charge in [0.05, 0.1) is 0 Å². The van der Waals surface area contributed by atoms with Gasteiger partial charge in [-0.05, 0) is 42.4 Å². The van der Waals surface area contributed by atoms with Crippen LogP contribution in [-0.2, 0) is 11.2 Å². The van der Waals surface area contributed by atoms with E-state index in [0.717, 1.165) is 24.3 Å². The van der Waals surface area contributed by atoms with E-state index in [0.29, 0.717) is 22.9 Å². The lowest BCUT2D eigenvalue weighted by atomic mass is 9.94. The predicted octanol–water partition coefficient (Wildman–Crippen LogP) is 4.12. The highest BCUT2D eigenvalue weighted by Crippen LogP contribution is 2.27. The quantitative estimate of drug-likeness (QED) is 0.828. The zero-order valence-corrected chi connectivity index (χ0v) is 11.7. The molecule has 1 heterocycles. The van der Waals surface area contributed by atoms with E-state index in [4.69, 9.17) is 11.6 Å². The second-order valence-corrected chi connectivity index (χ2v) is 6.31. The summed E-state index contributed by atoms with van der Waals surface area (Å²) in [6, 6.07) is 4.54. The van der Waals surface area contributed by atoms with Crippen molar-refractivity contribution < 1.29 is 9.18 Å². The number of hydrogen-bond acceptors (Lipinski definition) is 2. The molecule has 98 valence electrons. The number of ketones is 1. The normalized spacial score (nSPS) is 16.8. The summed E-state index contributed by atoms with van der Waals surface area (Å²) >= 11 is 7.86. The number of hydrogen-bond donors (Lipinski definition) is 0. The van der Waals surface area contributed by atoms with Gasteiger partial charge >= 0.3 is 0 Å². The summed E-state index contributed by atoms with van der Waals surface area (Å²) in [6.07, 6.45) is 2.88. The Morgan fingerprint density at radius 1 is 1.39 bits per heavy atom. The van der Waals surface area contributed by atoms with E-state index in [1.807, 2.05) is 11.8 Å². The van der Waals surface area contributed by atoms with Crippen molar-refractivity contribution in [1.29, 1.82) is 0 Å². The van der Waals surface area contributed by atoms with Gasteiger partial charge < -0.3 is 0 Å². The number of thioether (sulfide) groups is 1. The van der Waals surface area contributed by atoms with Crippen LogP contribution in [-0.4, -0.2) is 17.3 Å². The molecule has 18 heavy (non-hydrogen) atoms. The average molecular weight is 287 g/mol. The molecule has 1 saturated heterocycles. The molecule has 1 aromatic rings. The largest absolute Gasteiger partial charge is 0.299 e. The lowest BCUT2D eigenvalue weighted by molar-refractivity contribution is -0.119. The molecule has 0 aliphatic carbocycles. The third-order valence-electron chi connectivity index (χ3n) is 3.29. The number of Topliss-reactive ketones (excluding diaryl/α,β-unsaturated/α-hetero) is 1. The van der Waals surface area contributed by atoms with Gasteiger partial charge in [-0.15, -0.1) is 0 Å². The Bertz CT molecular complexity index is 410. The minimum Gasteiger partial charge on any atom is -0.299 e. The topological polar surface area (TPSA) is 17.1 Å². The summed E-state index contributed by atoms with van der Waals surface area (Å²) in [5, 5.41) is 0.350. The number of rotatable bonds is 4. The van der Waals surface area contributed by atoms with Gasteiger partial charge in [-0.2, -0.15) is 11.8 Å². The van der Waals surface area contributed by atoms with Crippen LogP contribution in [0.15, 0.2) is 18.2 Å². The molecule has 0 atom stereocenters. The number of benzene rings is 1. The van der Waals surface area contributed by atoms with Gasteiger partial charge in [0, 0.05) is 23.4 Å². The predicted molar refractivity (Wildman–Crippen MR) is 74.8 cm³/mol. The molecule has 0 saturated carbocycles. The second-order valence-electron chi connectivity index (χ2n) is 4.68. The summed E-state index contributed by atoms with van der Waals surface area (Å²) in [4.78, 5) is 12.0. The monoisotopic (exact) mass is 286 g/mol. The third kappa shape index (κ3) is 3.72. The molecule has 1 fully saturated rings. The Morgan fingerprint density at radius 3 is 2.78 bits per heavy atom. The van der Waals surface area contributed by atoms with Crippen LogP contribution in [0.3, 0.4) is 0 Å². The van der Waals surface area contributed by atoms with Crippen LogP contribution in [0, 0.1) is 11.7 Å². The van der Waals surface area contributed by atoms with E-state index in [1.165, 1.54) is 6.07 Å². The van der Waals surface area contributed by atoms with Crippen molar-refractivity contribution in [3.63, 3.8) is 0 Å². The van der Waals surface area contributed by atoms with E-state index in [-0.39, 0.29) is 18.0 Å². The van der Waals surface area contributed by atoms with Crippen molar-refractivity contribution in [3.8, 4) is 0 Å². The summed E-state index contributed by atoms with van der Waals surface area (Å²) in [6.45, 7) is 0. The van der Waals surface area contributed by atoms with Gasteiger partial charge in [0.1, 0.15) is 11.6 Å². The molecule has 2 rings (SSSR count). The average Bonchev–Trinajstić information content (AvgIpc) is 2.35. The first kappa shape index (κ1) is 13.9. The maximum absolute atomic E-state index is 13.5. The van der Waals surface area contributed by atoms with Gasteiger partial charge in [0.15, 0.2) is 0 Å². The molecule has 1 aromatic carbocycles. The molecule has 1 aliphatic heterocycles. The molecule has 0 amide bonds. The van der Waals surface area contributed by atoms with Gasteiger partial charge in [0.25, 0.3) is 0 Å². The summed E-state index contributed by atoms with van der Waals surface area (Å²) < 4.78 is 13.5. The van der Waals surface area contributed by atoms with Crippen LogP contribution >= 0.6 is 23.4 Å². The molecule has 0 N–H and O–H groups in total. The van der Waals surface area contributed by atoms with Crippen LogP contribution in [0.2, 0.25) is 5.02 Å². The smallest absolute Gasteiger partial charge is 0.137 e. The molecule has 4 heteroatoms. The Labute approximate surface area is 116 Å². The lowest BCUT2D eigenvalue weighted by Gasteiger charge is -2.20. The minimum atomic E-state index is -0.380. The minimum absolute atomic E-state index is 0.0962. The third-order valence-corrected chi connectivity index (χ3v) is 4.70. The van der Waals surface area contributed by atoms with E-state index in [9.17, 15) is 9.18 Å². The van der Waals surface area contributed by atoms with E-state index >= 15 is 0 Å². The fraction of sp³-hybridized carbons (Fsp3) is 0.500. The fourth-order valence-electron chi connectivity index (χ4n) is 2.24. The van der Waals surface area contributed by atoms with Gasteiger partial charge in [-0.3, -0.25) is 4.79 Å². The van der Waals surface area contributed by atoms with Crippen molar-refractivity contribution in [2.45, 2.75) is 25.7 Å². The second kappa shape index (κ2) is 6.58. The van der Waals surface area contributed by atoms with Gasteiger partial charge in [0.2, 0.25) is 0 Å². The van der Waals surface area contributed by atoms with Crippen molar-refractivity contribution in [2.75, 3.05) is 11.5 Å². The van der Waals surface area contributed by atoms with Crippen molar-refractivity contribution in [3.05, 3.63) is 34.6 Å². The van der Waals surface area contributed by atoms with Crippen LogP contribution in [0.4, 0.5) is 4.39 Å². The van der Waals surface area contributed by atoms with E-state index in [2.05, 4.69) is 0 Å². The van der Waals surface area contributed by atoms with Gasteiger partial charge in [-0.25, -0.2) is 4.39 Å². The Hall–Kier alpha value is -0.540. The number of halogens is 2. The van der Waals surface area contributed by atoms with E-state index < -0.39 is 0 Å². The Balaban J connectivity index is 1.94. The highest BCUT2D eigenvalue weighted by molar-refractivity contribution is 7.99. The van der Waals surface area contributed by atoms with Crippen LogP contribution in [0.25, 0.3) is 0 Å². The fourth-order valence-corrected chi connectivity index (χ4v) is 3.68. The standard InChI is InChI=1S/C14H16ClFOS/c15-13-2-1-3-14(16)12(13)9-11(17)8-10-4-6-18-7-5-10/h1-3,10H,4-9H2. The molecule has 0 unspecified atom stereocenters. The van der Waals surface area contributed by atoms with Crippen LogP contribution in [0.1, 0.15) is 24.8 Å². The molecule has 0 aromatic heterocycles. The van der Waals surface area contributed by atoms with Crippen molar-refractivity contribution in [2.24, 2.45) is 5.92 Å². The molecule has 1 aliphatic rings. The zero-order valence-electron chi connectivity index (χ0n) is 10.1. The lowest BCUT2D eigenvalue weighted by Crippen LogP contribution is -2.16. The zero-order chi connectivity index (χ0) is 13.0. The Morgan fingerprint density at radius 2 is 2.11 bits per heavy atom. The van der Waals surface area contributed by atoms with Crippen molar-refractivity contribution in [1.82, 2.24) is 0 Å². The first-order chi connectivity index (χ1) is 8.66. The molecule has 1 nitrogen and oxygen atoms in total. The highest BCUT2D eigenvalue weighted by Gasteiger charge is 2.19. The summed E-state index contributed by atoms with van der Waals surface area (Å²) in [5.74, 6) is 2.47. The number of carbonyl (C=O) groups is 1.